The summed E-state index contributed by atoms with van der Waals surface area (Å²) in [6.07, 6.45) is 0. The van der Waals surface area contributed by atoms with Gasteiger partial charge in [-0.25, -0.2) is 4.39 Å². The van der Waals surface area contributed by atoms with E-state index >= 15 is 0 Å². The minimum atomic E-state index is -0.306. The molecule has 0 amide bonds. The van der Waals surface area contributed by atoms with E-state index in [1.54, 1.807) is 18.2 Å². The van der Waals surface area contributed by atoms with Gasteiger partial charge in [0, 0.05) is 0 Å². The van der Waals surface area contributed by atoms with Crippen molar-refractivity contribution in [1.82, 2.24) is 9.78 Å². The Kier molecular flexibility index (Phi) is 6.61. The summed E-state index contributed by atoms with van der Waals surface area (Å²) < 4.78 is 22.2. The van der Waals surface area contributed by atoms with Crippen molar-refractivity contribution in [3.05, 3.63) is 58.3 Å². The molecule has 6 nitrogen and oxygen atoms in total. The molecule has 158 valence electrons. The molecule has 30 heavy (non-hydrogen) atoms. The van der Waals surface area contributed by atoms with Crippen molar-refractivity contribution >= 4 is 40.1 Å². The van der Waals surface area contributed by atoms with Crippen LogP contribution in [0.25, 0.3) is 0 Å². The van der Waals surface area contributed by atoms with E-state index in [4.69, 9.17) is 17.0 Å². The molecule has 0 radical (unpaired) electrons. The smallest absolute Gasteiger partial charge is 0.209 e. The van der Waals surface area contributed by atoms with Gasteiger partial charge in [0.25, 0.3) is 0 Å². The standard InChI is InChI=1S/C21H24FN5OS2/c1-2-28-19-10-6-5-9-18(19)26-13-11-25(12-14-26)15-27-21(29)30-20(24-27)23-17-8-4-3-7-16(17)22/h3-10H,2,11-15H2,1H3,(H,23,24)/p+1. The molecule has 0 spiro atoms. The number of para-hydroxylation sites is 3. The van der Waals surface area contributed by atoms with E-state index in [9.17, 15) is 4.39 Å². The number of aromatic nitrogens is 2. The molecule has 1 saturated heterocycles. The number of hydrogen-bond donors (Lipinski definition) is 2. The number of hydrogen-bond acceptors (Lipinski definition) is 6. The van der Waals surface area contributed by atoms with Gasteiger partial charge in [-0.3, -0.25) is 0 Å². The number of rotatable bonds is 7. The van der Waals surface area contributed by atoms with Crippen LogP contribution in [0.5, 0.6) is 5.75 Å². The zero-order chi connectivity index (χ0) is 20.9. The second-order valence-electron chi connectivity index (χ2n) is 7.07. The van der Waals surface area contributed by atoms with Gasteiger partial charge < -0.3 is 19.9 Å². The van der Waals surface area contributed by atoms with E-state index < -0.39 is 0 Å². The molecule has 1 aliphatic heterocycles. The molecular weight excluding hydrogens is 421 g/mol. The van der Waals surface area contributed by atoms with E-state index in [1.807, 2.05) is 23.7 Å². The van der Waals surface area contributed by atoms with Crippen LogP contribution in [0.1, 0.15) is 6.92 Å². The number of quaternary nitrogens is 1. The fourth-order valence-electron chi connectivity index (χ4n) is 3.56. The van der Waals surface area contributed by atoms with Gasteiger partial charge in [-0.05, 0) is 43.4 Å². The number of nitrogens with one attached hydrogen (secondary N) is 2. The normalized spacial score (nSPS) is 14.7. The summed E-state index contributed by atoms with van der Waals surface area (Å²) in [5.74, 6) is 0.633. The third-order valence-corrected chi connectivity index (χ3v) is 6.29. The fraction of sp³-hybridized carbons (Fsp3) is 0.333. The summed E-state index contributed by atoms with van der Waals surface area (Å²) in [7, 11) is 0. The van der Waals surface area contributed by atoms with Crippen molar-refractivity contribution in [2.45, 2.75) is 13.6 Å². The minimum Gasteiger partial charge on any atom is -0.492 e. The second-order valence-corrected chi connectivity index (χ2v) is 8.70. The first kappa shape index (κ1) is 20.8. The van der Waals surface area contributed by atoms with E-state index in [1.165, 1.54) is 22.3 Å². The first-order valence-electron chi connectivity index (χ1n) is 10.0. The van der Waals surface area contributed by atoms with Gasteiger partial charge in [-0.2, -0.15) is 4.68 Å². The van der Waals surface area contributed by atoms with Crippen LogP contribution in [0.3, 0.4) is 0 Å². The molecule has 0 bridgehead atoms. The Morgan fingerprint density at radius 2 is 1.90 bits per heavy atom. The van der Waals surface area contributed by atoms with Crippen molar-refractivity contribution < 1.29 is 14.0 Å². The van der Waals surface area contributed by atoms with Crippen molar-refractivity contribution in [2.75, 3.05) is 43.0 Å². The van der Waals surface area contributed by atoms with Gasteiger partial charge in [0.15, 0.2) is 10.6 Å². The van der Waals surface area contributed by atoms with Crippen molar-refractivity contribution in [2.24, 2.45) is 0 Å². The molecule has 4 rings (SSSR count). The lowest BCUT2D eigenvalue weighted by Gasteiger charge is -2.34. The van der Waals surface area contributed by atoms with Gasteiger partial charge in [-0.1, -0.05) is 35.6 Å². The first-order valence-corrected chi connectivity index (χ1v) is 11.3. The molecule has 0 saturated carbocycles. The monoisotopic (exact) mass is 446 g/mol. The van der Waals surface area contributed by atoms with Crippen molar-refractivity contribution in [3.63, 3.8) is 0 Å². The lowest BCUT2D eigenvalue weighted by Crippen LogP contribution is -3.14. The summed E-state index contributed by atoms with van der Waals surface area (Å²) in [5.41, 5.74) is 1.56. The lowest BCUT2D eigenvalue weighted by molar-refractivity contribution is -0.924. The second kappa shape index (κ2) is 9.55. The number of anilines is 3. The highest BCUT2D eigenvalue weighted by atomic mass is 32.1. The molecule has 2 aromatic carbocycles. The van der Waals surface area contributed by atoms with Gasteiger partial charge in [-0.15, -0.1) is 5.10 Å². The van der Waals surface area contributed by atoms with Gasteiger partial charge >= 0.3 is 0 Å². The van der Waals surface area contributed by atoms with Gasteiger partial charge in [0.2, 0.25) is 5.13 Å². The Morgan fingerprint density at radius 3 is 2.67 bits per heavy atom. The van der Waals surface area contributed by atoms with Crippen LogP contribution >= 0.6 is 23.6 Å². The van der Waals surface area contributed by atoms with Crippen LogP contribution in [0.2, 0.25) is 0 Å². The van der Waals surface area contributed by atoms with Crippen LogP contribution in [0.15, 0.2) is 48.5 Å². The highest BCUT2D eigenvalue weighted by Crippen LogP contribution is 2.28. The highest BCUT2D eigenvalue weighted by molar-refractivity contribution is 7.73. The predicted molar refractivity (Wildman–Crippen MR) is 121 cm³/mol. The van der Waals surface area contributed by atoms with Crippen LogP contribution < -0.4 is 19.9 Å². The number of halogens is 1. The molecule has 1 aliphatic rings. The fourth-order valence-corrected chi connectivity index (χ4v) is 4.58. The summed E-state index contributed by atoms with van der Waals surface area (Å²) in [6, 6.07) is 14.8. The van der Waals surface area contributed by atoms with Crippen LogP contribution in [0.4, 0.5) is 20.9 Å². The van der Waals surface area contributed by atoms with Gasteiger partial charge in [0.1, 0.15) is 11.6 Å². The lowest BCUT2D eigenvalue weighted by atomic mass is 10.2. The third-order valence-electron chi connectivity index (χ3n) is 5.07. The summed E-state index contributed by atoms with van der Waals surface area (Å²) in [4.78, 5) is 3.79. The average molecular weight is 447 g/mol. The third kappa shape index (κ3) is 4.80. The molecule has 2 N–H and O–H groups in total. The van der Waals surface area contributed by atoms with Crippen molar-refractivity contribution in [1.29, 1.82) is 0 Å². The molecule has 1 fully saturated rings. The highest BCUT2D eigenvalue weighted by Gasteiger charge is 2.23. The molecule has 0 unspecified atom stereocenters. The topological polar surface area (TPSA) is 46.8 Å². The Hall–Kier alpha value is -2.49. The number of benzene rings is 2. The maximum Gasteiger partial charge on any atom is 0.209 e. The average Bonchev–Trinajstić information content (AvgIpc) is 3.10. The SMILES string of the molecule is CCOc1ccccc1N1CC[NH+](Cn2nc(Nc3ccccc3F)sc2=S)CC1. The maximum absolute atomic E-state index is 13.9. The molecule has 9 heteroatoms. The summed E-state index contributed by atoms with van der Waals surface area (Å²) >= 11 is 6.84. The molecule has 0 aliphatic carbocycles. The Balaban J connectivity index is 1.37. The zero-order valence-electron chi connectivity index (χ0n) is 16.8. The zero-order valence-corrected chi connectivity index (χ0v) is 18.4. The van der Waals surface area contributed by atoms with E-state index in [-0.39, 0.29) is 5.82 Å². The first-order chi connectivity index (χ1) is 14.6. The largest absolute Gasteiger partial charge is 0.492 e. The molecule has 0 atom stereocenters. The molecule has 3 aromatic rings. The molecular formula is C21H25FN5OS2+. The van der Waals surface area contributed by atoms with Crippen LogP contribution in [-0.4, -0.2) is 42.6 Å². The molecule has 2 heterocycles. The van der Waals surface area contributed by atoms with Crippen LogP contribution in [0, 0.1) is 9.77 Å². The van der Waals surface area contributed by atoms with Gasteiger partial charge in [0.05, 0.1) is 44.2 Å². The summed E-state index contributed by atoms with van der Waals surface area (Å²) in [6.45, 7) is 7.22. The Labute approximate surface area is 184 Å². The maximum atomic E-state index is 13.9. The quantitative estimate of drug-likeness (QED) is 0.546. The predicted octanol–water partition coefficient (Wildman–Crippen LogP) is 3.32. The minimum absolute atomic E-state index is 0.306. The van der Waals surface area contributed by atoms with E-state index in [2.05, 4.69) is 27.4 Å². The summed E-state index contributed by atoms with van der Waals surface area (Å²) in [5, 5.41) is 8.19. The van der Waals surface area contributed by atoms with Crippen LogP contribution in [-0.2, 0) is 6.67 Å². The number of piperazine rings is 1. The van der Waals surface area contributed by atoms with Crippen molar-refractivity contribution in [3.8, 4) is 5.75 Å². The number of nitrogens with zero attached hydrogens (tertiary/aromatic N) is 3. The molecule has 1 aromatic heterocycles. The van der Waals surface area contributed by atoms with E-state index in [0.717, 1.165) is 37.6 Å². The Bertz CT molecular complexity index is 1050. The Morgan fingerprint density at radius 1 is 1.17 bits per heavy atom. The van der Waals surface area contributed by atoms with E-state index in [0.29, 0.717) is 28.0 Å². The number of ether oxygens (including phenoxy) is 1.